The molecule has 0 saturated carbocycles. The molecule has 0 heterocycles. The Morgan fingerprint density at radius 1 is 0.739 bits per heavy atom. The highest BCUT2D eigenvalue weighted by Gasteiger charge is 2.08. The first kappa shape index (κ1) is 18.8. The van der Waals surface area contributed by atoms with Gasteiger partial charge in [0.15, 0.2) is 0 Å². The van der Waals surface area contributed by atoms with Gasteiger partial charge in [0, 0.05) is 0 Å². The Bertz CT molecular complexity index is 876. The predicted octanol–water partition coefficient (Wildman–Crippen LogP) is 0.366. The number of carboxylic acid groups (broad SMARTS) is 1. The Hall–Kier alpha value is -2.27. The molecule has 0 radical (unpaired) electrons. The molecule has 0 aliphatic heterocycles. The van der Waals surface area contributed by atoms with Crippen molar-refractivity contribution < 1.29 is 26.7 Å². The second-order valence-corrected chi connectivity index (χ2v) is 7.36. The van der Waals surface area contributed by atoms with Crippen molar-refractivity contribution >= 4 is 26.0 Å². The van der Waals surface area contributed by atoms with Crippen LogP contribution in [0.15, 0.2) is 64.4 Å². The summed E-state index contributed by atoms with van der Waals surface area (Å²) in [6.45, 7) is 0. The Morgan fingerprint density at radius 3 is 1.43 bits per heavy atom. The molecule has 8 nitrogen and oxygen atoms in total. The molecule has 0 unspecified atom stereocenters. The van der Waals surface area contributed by atoms with Crippen LogP contribution in [0.2, 0.25) is 0 Å². The Balaban J connectivity index is 0.000000238. The SMILES string of the molecule is NS(=O)(=O)c1ccc(C(=O)O)cc1.NS(=O)(=O)c1ccccc1. The minimum absolute atomic E-state index is 0.0207. The molecule has 0 saturated heterocycles. The van der Waals surface area contributed by atoms with Crippen LogP contribution in [0.1, 0.15) is 10.4 Å². The molecule has 0 aliphatic rings. The topological polar surface area (TPSA) is 158 Å². The van der Waals surface area contributed by atoms with Crippen molar-refractivity contribution in [2.45, 2.75) is 9.79 Å². The zero-order valence-electron chi connectivity index (χ0n) is 11.7. The highest BCUT2D eigenvalue weighted by molar-refractivity contribution is 7.89. The van der Waals surface area contributed by atoms with Gasteiger partial charge in [-0.15, -0.1) is 0 Å². The van der Waals surface area contributed by atoms with Crippen LogP contribution in [0.5, 0.6) is 0 Å². The van der Waals surface area contributed by atoms with E-state index in [1.54, 1.807) is 18.2 Å². The summed E-state index contributed by atoms with van der Waals surface area (Å²) in [6, 6.07) is 12.6. The van der Waals surface area contributed by atoms with E-state index in [4.69, 9.17) is 15.4 Å². The van der Waals surface area contributed by atoms with Gasteiger partial charge in [-0.05, 0) is 36.4 Å². The summed E-state index contributed by atoms with van der Waals surface area (Å²) < 4.78 is 42.7. The summed E-state index contributed by atoms with van der Waals surface area (Å²) >= 11 is 0. The molecule has 2 aromatic carbocycles. The average molecular weight is 358 g/mol. The van der Waals surface area contributed by atoms with E-state index < -0.39 is 26.0 Å². The van der Waals surface area contributed by atoms with Gasteiger partial charge in [-0.25, -0.2) is 31.9 Å². The van der Waals surface area contributed by atoms with E-state index in [1.807, 2.05) is 0 Å². The highest BCUT2D eigenvalue weighted by Crippen LogP contribution is 2.08. The molecule has 0 spiro atoms. The van der Waals surface area contributed by atoms with E-state index in [2.05, 4.69) is 0 Å². The van der Waals surface area contributed by atoms with E-state index in [0.29, 0.717) is 0 Å². The van der Waals surface area contributed by atoms with Gasteiger partial charge in [0.25, 0.3) is 0 Å². The summed E-state index contributed by atoms with van der Waals surface area (Å²) in [6.07, 6.45) is 0. The van der Waals surface area contributed by atoms with Crippen LogP contribution in [0.3, 0.4) is 0 Å². The number of hydrogen-bond donors (Lipinski definition) is 3. The van der Waals surface area contributed by atoms with Crippen molar-refractivity contribution in [3.63, 3.8) is 0 Å². The molecule has 5 N–H and O–H groups in total. The van der Waals surface area contributed by atoms with Crippen LogP contribution in [-0.4, -0.2) is 27.9 Å². The van der Waals surface area contributed by atoms with E-state index in [1.165, 1.54) is 24.3 Å². The molecule has 0 aliphatic carbocycles. The van der Waals surface area contributed by atoms with Gasteiger partial charge in [0.2, 0.25) is 20.0 Å². The summed E-state index contributed by atoms with van der Waals surface area (Å²) in [5.41, 5.74) is 0.0207. The zero-order chi connectivity index (χ0) is 17.7. The number of primary sulfonamides is 2. The van der Waals surface area contributed by atoms with Gasteiger partial charge < -0.3 is 5.11 Å². The van der Waals surface area contributed by atoms with Crippen LogP contribution in [0.25, 0.3) is 0 Å². The maximum Gasteiger partial charge on any atom is 0.335 e. The third-order valence-electron chi connectivity index (χ3n) is 2.50. The predicted molar refractivity (Wildman–Crippen MR) is 82.6 cm³/mol. The number of carboxylic acids is 1. The third-order valence-corrected chi connectivity index (χ3v) is 4.36. The zero-order valence-corrected chi connectivity index (χ0v) is 13.3. The normalized spacial score (nSPS) is 11.2. The van der Waals surface area contributed by atoms with Crippen molar-refractivity contribution in [1.82, 2.24) is 0 Å². The molecule has 0 atom stereocenters. The molecule has 2 rings (SSSR count). The molecule has 2 aromatic rings. The number of aromatic carboxylic acids is 1. The molecule has 0 bridgehead atoms. The molecule has 124 valence electrons. The lowest BCUT2D eigenvalue weighted by atomic mass is 10.2. The van der Waals surface area contributed by atoms with Crippen molar-refractivity contribution in [2.75, 3.05) is 0 Å². The van der Waals surface area contributed by atoms with Crippen molar-refractivity contribution in [3.8, 4) is 0 Å². The summed E-state index contributed by atoms with van der Waals surface area (Å²) in [5.74, 6) is -1.11. The van der Waals surface area contributed by atoms with Crippen molar-refractivity contribution in [3.05, 3.63) is 60.2 Å². The number of benzene rings is 2. The van der Waals surface area contributed by atoms with E-state index in [-0.39, 0.29) is 15.4 Å². The maximum absolute atomic E-state index is 10.7. The van der Waals surface area contributed by atoms with Gasteiger partial charge in [0.1, 0.15) is 0 Å². The molecule has 0 fully saturated rings. The molecular formula is C13H14N2O6S2. The van der Waals surface area contributed by atoms with Crippen LogP contribution < -0.4 is 10.3 Å². The standard InChI is InChI=1S/C7H7NO4S.C6H7NO2S/c8-13(11,12)6-3-1-5(2-4-6)7(9)10;7-10(8,9)6-4-2-1-3-5-6/h1-4H,(H,9,10)(H2,8,11,12);1-5H,(H2,7,8,9). The monoisotopic (exact) mass is 358 g/mol. The summed E-state index contributed by atoms with van der Waals surface area (Å²) in [7, 11) is -7.24. The van der Waals surface area contributed by atoms with Crippen LogP contribution >= 0.6 is 0 Å². The average Bonchev–Trinajstić information content (AvgIpc) is 2.47. The van der Waals surface area contributed by atoms with Gasteiger partial charge in [-0.3, -0.25) is 0 Å². The van der Waals surface area contributed by atoms with Crippen LogP contribution in [-0.2, 0) is 20.0 Å². The van der Waals surface area contributed by atoms with Gasteiger partial charge in [-0.1, -0.05) is 18.2 Å². The number of sulfonamides is 2. The molecule has 10 heteroatoms. The maximum atomic E-state index is 10.7. The molecule has 23 heavy (non-hydrogen) atoms. The Labute approximate surface area is 133 Å². The largest absolute Gasteiger partial charge is 0.478 e. The lowest BCUT2D eigenvalue weighted by molar-refractivity contribution is 0.0696. The van der Waals surface area contributed by atoms with Gasteiger partial charge >= 0.3 is 5.97 Å². The second kappa shape index (κ2) is 7.33. The van der Waals surface area contributed by atoms with Crippen LogP contribution in [0, 0.1) is 0 Å². The summed E-state index contributed by atoms with van der Waals surface area (Å²) in [4.78, 5) is 10.4. The first-order valence-corrected chi connectivity index (χ1v) is 9.05. The smallest absolute Gasteiger partial charge is 0.335 e. The third kappa shape index (κ3) is 6.16. The fourth-order valence-corrected chi connectivity index (χ4v) is 2.45. The quantitative estimate of drug-likeness (QED) is 0.719. The first-order chi connectivity index (χ1) is 10.5. The lowest BCUT2D eigenvalue weighted by Gasteiger charge is -1.97. The molecular weight excluding hydrogens is 344 g/mol. The first-order valence-electron chi connectivity index (χ1n) is 5.96. The van der Waals surface area contributed by atoms with Gasteiger partial charge in [0.05, 0.1) is 15.4 Å². The van der Waals surface area contributed by atoms with E-state index in [0.717, 1.165) is 12.1 Å². The van der Waals surface area contributed by atoms with Crippen LogP contribution in [0.4, 0.5) is 0 Å². The Kier molecular flexibility index (Phi) is 5.98. The molecule has 0 aromatic heterocycles. The van der Waals surface area contributed by atoms with Gasteiger partial charge in [-0.2, -0.15) is 0 Å². The fourth-order valence-electron chi connectivity index (χ4n) is 1.40. The minimum Gasteiger partial charge on any atom is -0.478 e. The highest BCUT2D eigenvalue weighted by atomic mass is 32.2. The van der Waals surface area contributed by atoms with E-state index in [9.17, 15) is 21.6 Å². The van der Waals surface area contributed by atoms with Crippen molar-refractivity contribution in [2.24, 2.45) is 10.3 Å². The summed E-state index contributed by atoms with van der Waals surface area (Å²) in [5, 5.41) is 18.1. The second-order valence-electron chi connectivity index (χ2n) is 4.23. The lowest BCUT2D eigenvalue weighted by Crippen LogP contribution is -2.12. The fraction of sp³-hybridized carbons (Fsp3) is 0. The minimum atomic E-state index is -3.74. The number of rotatable bonds is 3. The Morgan fingerprint density at radius 2 is 1.13 bits per heavy atom. The number of nitrogens with two attached hydrogens (primary N) is 2. The number of carbonyl (C=O) groups is 1. The molecule has 0 amide bonds. The number of hydrogen-bond acceptors (Lipinski definition) is 5. The van der Waals surface area contributed by atoms with E-state index >= 15 is 0 Å². The van der Waals surface area contributed by atoms with Crippen molar-refractivity contribution in [1.29, 1.82) is 0 Å².